The van der Waals surface area contributed by atoms with Gasteiger partial charge in [0.25, 0.3) is 0 Å². The van der Waals surface area contributed by atoms with Gasteiger partial charge >= 0.3 is 0 Å². The highest BCUT2D eigenvalue weighted by atomic mass is 19.1. The van der Waals surface area contributed by atoms with E-state index >= 15 is 0 Å². The van der Waals surface area contributed by atoms with E-state index in [-0.39, 0.29) is 11.4 Å². The number of H-pyrrole nitrogens is 1. The molecule has 1 heterocycles. The van der Waals surface area contributed by atoms with E-state index in [9.17, 15) is 8.78 Å². The molecule has 0 saturated heterocycles. The maximum Gasteiger partial charge on any atom is 0.147 e. The molecule has 5 nitrogen and oxygen atoms in total. The van der Waals surface area contributed by atoms with Crippen LogP contribution in [0.1, 0.15) is 23.0 Å². The van der Waals surface area contributed by atoms with Gasteiger partial charge in [0.05, 0.1) is 0 Å². The summed E-state index contributed by atoms with van der Waals surface area (Å²) in [5.41, 5.74) is 2.47. The van der Waals surface area contributed by atoms with Crippen LogP contribution in [0.3, 0.4) is 0 Å². The van der Waals surface area contributed by atoms with E-state index < -0.39 is 17.7 Å². The van der Waals surface area contributed by atoms with Crippen LogP contribution in [0.4, 0.5) is 8.78 Å². The van der Waals surface area contributed by atoms with Crippen molar-refractivity contribution in [2.75, 3.05) is 0 Å². The van der Waals surface area contributed by atoms with Crippen LogP contribution in [0.25, 0.3) is 0 Å². The number of aryl methyl sites for hydroxylation is 1. The van der Waals surface area contributed by atoms with E-state index in [1.807, 2.05) is 0 Å². The minimum absolute atomic E-state index is 0.177. The molecule has 0 aliphatic heterocycles. The average molecular weight is 239 g/mol. The highest BCUT2D eigenvalue weighted by molar-refractivity contribution is 5.32. The molecule has 0 fully saturated rings. The summed E-state index contributed by atoms with van der Waals surface area (Å²) >= 11 is 0. The lowest BCUT2D eigenvalue weighted by Gasteiger charge is -2.16. The van der Waals surface area contributed by atoms with Crippen molar-refractivity contribution in [1.82, 2.24) is 20.6 Å². The fourth-order valence-corrected chi connectivity index (χ4v) is 1.60. The summed E-state index contributed by atoms with van der Waals surface area (Å²) in [4.78, 5) is 3.83. The minimum Gasteiger partial charge on any atom is -0.270 e. The Morgan fingerprint density at radius 1 is 1.41 bits per heavy atom. The third-order valence-electron chi connectivity index (χ3n) is 2.48. The van der Waals surface area contributed by atoms with Crippen LogP contribution in [-0.4, -0.2) is 15.2 Å². The zero-order chi connectivity index (χ0) is 12.4. The maximum absolute atomic E-state index is 13.9. The topological polar surface area (TPSA) is 79.6 Å². The Kier molecular flexibility index (Phi) is 3.12. The molecule has 4 N–H and O–H groups in total. The Labute approximate surface area is 96.0 Å². The van der Waals surface area contributed by atoms with Gasteiger partial charge in [-0.15, -0.1) is 0 Å². The molecule has 2 rings (SSSR count). The molecule has 1 aromatic heterocycles. The van der Waals surface area contributed by atoms with Gasteiger partial charge in [0, 0.05) is 5.56 Å². The molecule has 0 radical (unpaired) electrons. The second-order valence-electron chi connectivity index (χ2n) is 3.56. The van der Waals surface area contributed by atoms with E-state index in [0.29, 0.717) is 5.56 Å². The van der Waals surface area contributed by atoms with Crippen LogP contribution >= 0.6 is 0 Å². The number of aromatic amines is 1. The fraction of sp³-hybridized carbons (Fsp3) is 0.200. The van der Waals surface area contributed by atoms with E-state index in [2.05, 4.69) is 20.6 Å². The number of hydrazine groups is 1. The second kappa shape index (κ2) is 4.56. The first-order valence-corrected chi connectivity index (χ1v) is 4.91. The first kappa shape index (κ1) is 11.6. The van der Waals surface area contributed by atoms with Crippen molar-refractivity contribution in [3.63, 3.8) is 0 Å². The van der Waals surface area contributed by atoms with Crippen molar-refractivity contribution >= 4 is 0 Å². The number of nitrogens with zero attached hydrogens (tertiary/aromatic N) is 2. The first-order chi connectivity index (χ1) is 8.15. The number of nitrogens with one attached hydrogen (secondary N) is 2. The zero-order valence-electron chi connectivity index (χ0n) is 9.04. The van der Waals surface area contributed by atoms with Crippen molar-refractivity contribution in [1.29, 1.82) is 0 Å². The molecule has 90 valence electrons. The van der Waals surface area contributed by atoms with Gasteiger partial charge in [-0.05, 0) is 18.6 Å². The van der Waals surface area contributed by atoms with Crippen molar-refractivity contribution < 1.29 is 8.78 Å². The Hall–Kier alpha value is -1.86. The molecule has 0 aliphatic rings. The van der Waals surface area contributed by atoms with Gasteiger partial charge in [-0.1, -0.05) is 6.07 Å². The first-order valence-electron chi connectivity index (χ1n) is 4.91. The minimum atomic E-state index is -0.905. The van der Waals surface area contributed by atoms with Crippen LogP contribution < -0.4 is 11.3 Å². The van der Waals surface area contributed by atoms with Crippen LogP contribution in [-0.2, 0) is 0 Å². The highest BCUT2D eigenvalue weighted by Crippen LogP contribution is 2.25. The van der Waals surface area contributed by atoms with Gasteiger partial charge in [0.15, 0.2) is 0 Å². The van der Waals surface area contributed by atoms with Crippen molar-refractivity contribution in [2.45, 2.75) is 13.0 Å². The number of aromatic nitrogens is 3. The smallest absolute Gasteiger partial charge is 0.147 e. The fourth-order valence-electron chi connectivity index (χ4n) is 1.60. The molecule has 1 atom stereocenters. The predicted octanol–water partition coefficient (Wildman–Crippen LogP) is 0.944. The summed E-state index contributed by atoms with van der Waals surface area (Å²) in [7, 11) is 0. The monoisotopic (exact) mass is 239 g/mol. The van der Waals surface area contributed by atoms with Crippen LogP contribution in [0.15, 0.2) is 18.5 Å². The lowest BCUT2D eigenvalue weighted by Crippen LogP contribution is -2.31. The third-order valence-corrected chi connectivity index (χ3v) is 2.48. The van der Waals surface area contributed by atoms with Crippen molar-refractivity contribution in [2.24, 2.45) is 5.84 Å². The molecule has 0 amide bonds. The van der Waals surface area contributed by atoms with Gasteiger partial charge in [-0.2, -0.15) is 5.10 Å². The summed E-state index contributed by atoms with van der Waals surface area (Å²) in [5.74, 6) is 4.22. The second-order valence-corrected chi connectivity index (χ2v) is 3.56. The largest absolute Gasteiger partial charge is 0.270 e. The van der Waals surface area contributed by atoms with E-state index in [1.165, 1.54) is 18.5 Å². The van der Waals surface area contributed by atoms with Gasteiger partial charge in [0.1, 0.15) is 29.8 Å². The lowest BCUT2D eigenvalue weighted by atomic mass is 10.0. The lowest BCUT2D eigenvalue weighted by molar-refractivity contribution is 0.496. The number of halogens is 2. The van der Waals surface area contributed by atoms with Crippen LogP contribution in [0.5, 0.6) is 0 Å². The molecule has 7 heteroatoms. The van der Waals surface area contributed by atoms with Gasteiger partial charge in [0.2, 0.25) is 0 Å². The van der Waals surface area contributed by atoms with E-state index in [0.717, 1.165) is 0 Å². The number of rotatable bonds is 3. The molecule has 0 aliphatic carbocycles. The maximum atomic E-state index is 13.9. The number of hydrogen-bond acceptors (Lipinski definition) is 4. The molecular formula is C10H11F2N5. The van der Waals surface area contributed by atoms with E-state index in [1.54, 1.807) is 6.92 Å². The Balaban J connectivity index is 2.55. The summed E-state index contributed by atoms with van der Waals surface area (Å²) in [6.45, 7) is 1.55. The van der Waals surface area contributed by atoms with Crippen LogP contribution in [0, 0.1) is 18.6 Å². The Morgan fingerprint density at radius 3 is 2.76 bits per heavy atom. The van der Waals surface area contributed by atoms with Gasteiger partial charge in [-0.3, -0.25) is 10.9 Å². The molecular weight excluding hydrogens is 228 g/mol. The summed E-state index contributed by atoms with van der Waals surface area (Å²) in [5, 5.41) is 6.15. The standard InChI is InChI=1S/C10H11F2N5/c1-5-2-3-6(11)7(8(5)12)9(16-13)10-14-4-15-17-10/h2-4,9,16H,13H2,1H3,(H,14,15,17). The predicted molar refractivity (Wildman–Crippen MR) is 56.6 cm³/mol. The van der Waals surface area contributed by atoms with Gasteiger partial charge in [-0.25, -0.2) is 19.2 Å². The van der Waals surface area contributed by atoms with Crippen molar-refractivity contribution in [3.05, 3.63) is 47.0 Å². The van der Waals surface area contributed by atoms with E-state index in [4.69, 9.17) is 5.84 Å². The SMILES string of the molecule is Cc1ccc(F)c(C(NN)c2ncn[nH]2)c1F. The molecule has 17 heavy (non-hydrogen) atoms. The number of hydrogen-bond donors (Lipinski definition) is 3. The van der Waals surface area contributed by atoms with Gasteiger partial charge < -0.3 is 0 Å². The molecule has 0 spiro atoms. The molecule has 0 bridgehead atoms. The van der Waals surface area contributed by atoms with Crippen LogP contribution in [0.2, 0.25) is 0 Å². The summed E-state index contributed by atoms with van der Waals surface area (Å²) in [6.07, 6.45) is 1.24. The molecule has 0 saturated carbocycles. The summed E-state index contributed by atoms with van der Waals surface area (Å²) in [6, 6.07) is 1.65. The molecule has 1 unspecified atom stereocenters. The normalized spacial score (nSPS) is 12.7. The number of nitrogens with two attached hydrogens (primary N) is 1. The molecule has 2 aromatic rings. The summed E-state index contributed by atoms with van der Waals surface area (Å²) < 4.78 is 27.6. The Bertz CT molecular complexity index is 512. The Morgan fingerprint density at radius 2 is 2.18 bits per heavy atom. The highest BCUT2D eigenvalue weighted by Gasteiger charge is 2.24. The van der Waals surface area contributed by atoms with Crippen molar-refractivity contribution in [3.8, 4) is 0 Å². The number of benzene rings is 1. The average Bonchev–Trinajstić information content (AvgIpc) is 2.83. The quantitative estimate of drug-likeness (QED) is 0.550. The third kappa shape index (κ3) is 2.02. The molecule has 1 aromatic carbocycles. The zero-order valence-corrected chi connectivity index (χ0v) is 9.04.